The molecule has 5 rings (SSSR count). The number of ether oxygens (including phenoxy) is 3. The molecule has 0 aliphatic carbocycles. The maximum Gasteiger partial charge on any atom is 0.411 e. The standard InChI is InChI=1S/C27H26FN7O4S/c1-14-6-17(24-20(7-14)33-23(37-5)12-29-24)25-34-19-8-18(28)21(9-22(19)40-25)39-15(2)13-38-27(36)32-16-10-30-26(31-11-16)35(3)4/h6-12,15H,13H2,1-5H3,(H,32,36)/t15-/m0/s1. The normalized spacial score (nSPS) is 11.8. The molecule has 0 saturated carbocycles. The molecular formula is C27H26FN7O4S. The summed E-state index contributed by atoms with van der Waals surface area (Å²) in [5.74, 6) is 0.387. The number of thiazole rings is 1. The maximum atomic E-state index is 14.9. The highest BCUT2D eigenvalue weighted by molar-refractivity contribution is 7.21. The Bertz CT molecular complexity index is 1690. The third kappa shape index (κ3) is 5.83. The molecule has 0 aliphatic rings. The summed E-state index contributed by atoms with van der Waals surface area (Å²) >= 11 is 1.39. The average molecular weight is 564 g/mol. The lowest BCUT2D eigenvalue weighted by Crippen LogP contribution is -2.24. The second-order valence-electron chi connectivity index (χ2n) is 9.18. The molecule has 0 fully saturated rings. The van der Waals surface area contributed by atoms with E-state index in [-0.39, 0.29) is 12.4 Å². The highest BCUT2D eigenvalue weighted by atomic mass is 32.1. The van der Waals surface area contributed by atoms with Crippen LogP contribution in [0.2, 0.25) is 0 Å². The third-order valence-corrected chi connectivity index (χ3v) is 6.76. The molecule has 1 amide bonds. The van der Waals surface area contributed by atoms with E-state index < -0.39 is 18.0 Å². The van der Waals surface area contributed by atoms with Gasteiger partial charge in [0, 0.05) is 31.8 Å². The number of anilines is 2. The molecule has 13 heteroatoms. The SMILES string of the molecule is COc1cnc2c(-c3nc4cc(F)c(O[C@@H](C)COC(=O)Nc5cnc(N(C)C)nc5)cc4s3)cc(C)cc2n1. The van der Waals surface area contributed by atoms with E-state index in [1.54, 1.807) is 24.1 Å². The summed E-state index contributed by atoms with van der Waals surface area (Å²) < 4.78 is 31.8. The Morgan fingerprint density at radius 1 is 1.07 bits per heavy atom. The number of rotatable bonds is 8. The van der Waals surface area contributed by atoms with Crippen molar-refractivity contribution in [3.8, 4) is 22.2 Å². The van der Waals surface area contributed by atoms with Crippen molar-refractivity contribution >= 4 is 50.3 Å². The van der Waals surface area contributed by atoms with E-state index in [0.717, 1.165) is 15.8 Å². The quantitative estimate of drug-likeness (QED) is 0.268. The molecule has 0 aliphatic heterocycles. The van der Waals surface area contributed by atoms with Gasteiger partial charge in [-0.15, -0.1) is 11.3 Å². The summed E-state index contributed by atoms with van der Waals surface area (Å²) in [6, 6.07) is 6.82. The lowest BCUT2D eigenvalue weighted by atomic mass is 10.1. The molecule has 3 aromatic heterocycles. The summed E-state index contributed by atoms with van der Waals surface area (Å²) in [5, 5.41) is 3.22. The maximum absolute atomic E-state index is 14.9. The van der Waals surface area contributed by atoms with Crippen LogP contribution in [0.25, 0.3) is 31.8 Å². The lowest BCUT2D eigenvalue weighted by Gasteiger charge is -2.16. The van der Waals surface area contributed by atoms with Crippen LogP contribution in [0, 0.1) is 12.7 Å². The van der Waals surface area contributed by atoms with Crippen LogP contribution < -0.4 is 19.7 Å². The number of methoxy groups -OCH3 is 1. The number of carbonyl (C=O) groups excluding carboxylic acids is 1. The van der Waals surface area contributed by atoms with Crippen molar-refractivity contribution in [2.75, 3.05) is 38.0 Å². The van der Waals surface area contributed by atoms with Gasteiger partial charge < -0.3 is 19.1 Å². The molecule has 40 heavy (non-hydrogen) atoms. The van der Waals surface area contributed by atoms with Crippen molar-refractivity contribution in [3.63, 3.8) is 0 Å². The second kappa shape index (κ2) is 11.2. The Hall–Kier alpha value is -4.65. The van der Waals surface area contributed by atoms with E-state index in [9.17, 15) is 9.18 Å². The molecule has 2 aromatic carbocycles. The predicted octanol–water partition coefficient (Wildman–Crippen LogP) is 5.23. The van der Waals surface area contributed by atoms with Crippen LogP contribution in [0.3, 0.4) is 0 Å². The number of hydrogen-bond acceptors (Lipinski definition) is 11. The molecule has 5 aromatic rings. The fourth-order valence-corrected chi connectivity index (χ4v) is 4.85. The van der Waals surface area contributed by atoms with E-state index >= 15 is 0 Å². The highest BCUT2D eigenvalue weighted by Crippen LogP contribution is 2.37. The van der Waals surface area contributed by atoms with E-state index in [1.807, 2.05) is 33.2 Å². The highest BCUT2D eigenvalue weighted by Gasteiger charge is 2.18. The van der Waals surface area contributed by atoms with Gasteiger partial charge in [-0.05, 0) is 31.5 Å². The molecule has 1 N–H and O–H groups in total. The summed E-state index contributed by atoms with van der Waals surface area (Å²) in [5.41, 5.74) is 4.01. The van der Waals surface area contributed by atoms with Crippen LogP contribution in [0.15, 0.2) is 42.9 Å². The zero-order valence-corrected chi connectivity index (χ0v) is 23.2. The van der Waals surface area contributed by atoms with Crippen LogP contribution in [0.5, 0.6) is 11.6 Å². The molecular weight excluding hydrogens is 537 g/mol. The molecule has 0 spiro atoms. The monoisotopic (exact) mass is 563 g/mol. The summed E-state index contributed by atoms with van der Waals surface area (Å²) in [4.78, 5) is 35.8. The molecule has 0 saturated heterocycles. The molecule has 1 atom stereocenters. The van der Waals surface area contributed by atoms with Crippen LogP contribution in [-0.4, -0.2) is 64.9 Å². The Morgan fingerprint density at radius 2 is 1.85 bits per heavy atom. The number of aromatic nitrogens is 5. The smallest absolute Gasteiger partial charge is 0.411 e. The van der Waals surface area contributed by atoms with Gasteiger partial charge in [-0.3, -0.25) is 5.32 Å². The first-order chi connectivity index (χ1) is 19.2. The molecule has 11 nitrogen and oxygen atoms in total. The van der Waals surface area contributed by atoms with Crippen molar-refractivity contribution in [2.24, 2.45) is 0 Å². The van der Waals surface area contributed by atoms with Gasteiger partial charge in [0.25, 0.3) is 0 Å². The van der Waals surface area contributed by atoms with Gasteiger partial charge >= 0.3 is 6.09 Å². The van der Waals surface area contributed by atoms with Crippen molar-refractivity contribution < 1.29 is 23.4 Å². The van der Waals surface area contributed by atoms with Crippen LogP contribution in [-0.2, 0) is 4.74 Å². The summed E-state index contributed by atoms with van der Waals surface area (Å²) in [6.45, 7) is 3.53. The largest absolute Gasteiger partial charge is 0.484 e. The Kier molecular flexibility index (Phi) is 7.56. The fraction of sp³-hybridized carbons (Fsp3) is 0.259. The first-order valence-electron chi connectivity index (χ1n) is 12.2. The van der Waals surface area contributed by atoms with Gasteiger partial charge in [0.15, 0.2) is 11.6 Å². The average Bonchev–Trinajstić information content (AvgIpc) is 3.34. The minimum absolute atomic E-state index is 0.0329. The number of hydrogen-bond donors (Lipinski definition) is 1. The van der Waals surface area contributed by atoms with Crippen LogP contribution >= 0.6 is 11.3 Å². The number of nitrogens with zero attached hydrogens (tertiary/aromatic N) is 6. The predicted molar refractivity (Wildman–Crippen MR) is 151 cm³/mol. The first-order valence-corrected chi connectivity index (χ1v) is 13.0. The molecule has 206 valence electrons. The summed E-state index contributed by atoms with van der Waals surface area (Å²) in [7, 11) is 5.16. The number of carbonyl (C=O) groups is 1. The van der Waals surface area contributed by atoms with Gasteiger partial charge in [-0.25, -0.2) is 34.1 Å². The van der Waals surface area contributed by atoms with Gasteiger partial charge in [0.2, 0.25) is 11.8 Å². The number of amides is 1. The number of benzene rings is 2. The zero-order valence-electron chi connectivity index (χ0n) is 22.4. The van der Waals surface area contributed by atoms with Crippen LogP contribution in [0.1, 0.15) is 12.5 Å². The number of fused-ring (bicyclic) bond motifs is 2. The fourth-order valence-electron chi connectivity index (χ4n) is 3.86. The Labute approximate surface area is 233 Å². The topological polar surface area (TPSA) is 124 Å². The van der Waals surface area contributed by atoms with Crippen molar-refractivity contribution in [2.45, 2.75) is 20.0 Å². The number of halogens is 1. The van der Waals surface area contributed by atoms with Gasteiger partial charge in [-0.2, -0.15) is 0 Å². The van der Waals surface area contributed by atoms with Crippen molar-refractivity contribution in [1.29, 1.82) is 0 Å². The minimum atomic E-state index is -0.703. The van der Waals surface area contributed by atoms with Crippen LogP contribution in [0.4, 0.5) is 20.8 Å². The van der Waals surface area contributed by atoms with E-state index in [2.05, 4.69) is 30.2 Å². The van der Waals surface area contributed by atoms with E-state index in [0.29, 0.717) is 39.1 Å². The lowest BCUT2D eigenvalue weighted by molar-refractivity contribution is 0.0969. The van der Waals surface area contributed by atoms with Gasteiger partial charge in [0.1, 0.15) is 17.7 Å². The molecule has 0 unspecified atom stereocenters. The van der Waals surface area contributed by atoms with Gasteiger partial charge in [-0.1, -0.05) is 0 Å². The third-order valence-electron chi connectivity index (χ3n) is 5.71. The molecule has 0 radical (unpaired) electrons. The first kappa shape index (κ1) is 26.9. The van der Waals surface area contributed by atoms with E-state index in [4.69, 9.17) is 14.2 Å². The molecule has 0 bridgehead atoms. The number of nitrogens with one attached hydrogen (secondary N) is 1. The summed E-state index contributed by atoms with van der Waals surface area (Å²) in [6.07, 6.45) is 3.17. The minimum Gasteiger partial charge on any atom is -0.484 e. The van der Waals surface area contributed by atoms with E-state index in [1.165, 1.54) is 36.9 Å². The van der Waals surface area contributed by atoms with Crippen molar-refractivity contribution in [3.05, 3.63) is 54.2 Å². The second-order valence-corrected chi connectivity index (χ2v) is 10.2. The number of aryl methyl sites for hydroxylation is 1. The van der Waals surface area contributed by atoms with Crippen molar-refractivity contribution in [1.82, 2.24) is 24.9 Å². The zero-order chi connectivity index (χ0) is 28.4. The molecule has 3 heterocycles. The van der Waals surface area contributed by atoms with Gasteiger partial charge in [0.05, 0.1) is 52.6 Å². The Morgan fingerprint density at radius 3 is 2.58 bits per heavy atom. The Balaban J connectivity index is 1.28.